The van der Waals surface area contributed by atoms with Gasteiger partial charge in [-0.15, -0.1) is 42.8 Å². The Kier molecular flexibility index (Phi) is 13.6. The van der Waals surface area contributed by atoms with Crippen molar-refractivity contribution in [2.24, 2.45) is 0 Å². The molecule has 0 fully saturated rings. The van der Waals surface area contributed by atoms with E-state index >= 15 is 0 Å². The van der Waals surface area contributed by atoms with Gasteiger partial charge in [0.2, 0.25) is 0 Å². The van der Waals surface area contributed by atoms with Crippen LogP contribution in [0.25, 0.3) is 99.5 Å². The summed E-state index contributed by atoms with van der Waals surface area (Å²) in [6.07, 6.45) is 0. The highest BCUT2D eigenvalue weighted by Crippen LogP contribution is 2.74. The molecule has 12 aromatic carbocycles. The summed E-state index contributed by atoms with van der Waals surface area (Å²) in [4.78, 5) is 5.20. The van der Waals surface area contributed by atoms with E-state index in [-0.39, 0.29) is 0 Å². The molecule has 14 aromatic rings. The Labute approximate surface area is 510 Å². The van der Waals surface area contributed by atoms with Crippen LogP contribution in [0.4, 0.5) is 0 Å². The molecule has 0 atom stereocenters. The summed E-state index contributed by atoms with van der Waals surface area (Å²) in [6, 6.07) is 91.5. The largest absolute Gasteiger partial charge is 0.309 e. The summed E-state index contributed by atoms with van der Waals surface area (Å²) in [5.41, 5.74) is 30.2. The molecule has 85 heavy (non-hydrogen) atoms. The molecule has 0 unspecified atom stereocenters. The monoisotopic (exact) mass is 1090 g/mol. The lowest BCUT2D eigenvalue weighted by atomic mass is 9.58. The molecule has 0 aliphatic carbocycles. The fourth-order valence-corrected chi connectivity index (χ4v) is 18.3. The van der Waals surface area contributed by atoms with Crippen molar-refractivity contribution in [1.82, 2.24) is 9.13 Å². The Morgan fingerprint density at radius 2 is 0.624 bits per heavy atom. The first-order chi connectivity index (χ1) is 41.4. The third-order valence-corrected chi connectivity index (χ3v) is 23.3. The van der Waals surface area contributed by atoms with Gasteiger partial charge in [-0.2, -0.15) is 0 Å². The number of benzene rings is 12. The third kappa shape index (κ3) is 8.40. The Morgan fingerprint density at radius 3 is 1.13 bits per heavy atom. The molecule has 0 bridgehead atoms. The smallest absolute Gasteiger partial charge is 0.139 e. The van der Waals surface area contributed by atoms with Gasteiger partial charge < -0.3 is 9.13 Å². The third-order valence-electron chi connectivity index (χ3n) is 19.4. The van der Waals surface area contributed by atoms with E-state index in [0.717, 1.165) is 11.2 Å². The molecule has 2 nitrogen and oxygen atoms in total. The average molecular weight is 1090 g/mol. The summed E-state index contributed by atoms with van der Waals surface area (Å²) in [6.45, 7) is 0. The first-order valence-electron chi connectivity index (χ1n) is 29.9. The van der Waals surface area contributed by atoms with Crippen LogP contribution in [0.5, 0.6) is 0 Å². The van der Waals surface area contributed by atoms with Gasteiger partial charge in [-0.25, -0.2) is 0 Å². The van der Waals surface area contributed by atoms with E-state index in [0.29, 0.717) is 0 Å². The fourth-order valence-electron chi connectivity index (χ4n) is 14.3. The maximum absolute atomic E-state index is 2.66. The molecular weight excluding hydrogens is 1030 g/mol. The van der Waals surface area contributed by atoms with E-state index in [9.17, 15) is 0 Å². The lowest BCUT2D eigenvalue weighted by Crippen LogP contribution is -2.55. The van der Waals surface area contributed by atoms with E-state index in [2.05, 4.69) is 330 Å². The van der Waals surface area contributed by atoms with Crippen molar-refractivity contribution in [3.05, 3.63) is 243 Å². The van der Waals surface area contributed by atoms with E-state index in [4.69, 9.17) is 0 Å². The minimum absolute atomic E-state index is 1.12. The van der Waals surface area contributed by atoms with Gasteiger partial charge >= 0.3 is 0 Å². The Balaban J connectivity index is 1.16. The lowest BCUT2D eigenvalue weighted by Gasteiger charge is -2.43. The van der Waals surface area contributed by atoms with Crippen LogP contribution < -0.4 is 54.6 Å². The van der Waals surface area contributed by atoms with Crippen molar-refractivity contribution >= 4 is 187 Å². The Bertz CT molecular complexity index is 4760. The lowest BCUT2D eigenvalue weighted by molar-refractivity contribution is 1.16. The van der Waals surface area contributed by atoms with Crippen LogP contribution in [0.1, 0.15) is 0 Å². The normalized spacial score (nSPS) is 12.0. The summed E-state index contributed by atoms with van der Waals surface area (Å²) < 4.78 is 5.20. The van der Waals surface area contributed by atoms with Crippen molar-refractivity contribution in [2.75, 3.05) is 0 Å². The molecular formula is C72H60B10N2S. The highest BCUT2D eigenvalue weighted by molar-refractivity contribution is 8.34. The molecule has 394 valence electrons. The number of para-hydroxylation sites is 3. The predicted molar refractivity (Wildman–Crippen MR) is 399 cm³/mol. The first kappa shape index (κ1) is 54.2. The van der Waals surface area contributed by atoms with Gasteiger partial charge in [0, 0.05) is 63.5 Å². The van der Waals surface area contributed by atoms with E-state index in [1.165, 1.54) is 162 Å². The number of hydrogen-bond donors (Lipinski definition) is 0. The van der Waals surface area contributed by atoms with Crippen molar-refractivity contribution in [3.63, 3.8) is 0 Å². The standard InChI is InChI=1S/C72H60B10N2S/c73-61-59(62(74)66(78)69(81)65(61)77)54-39-46(85(43-22-7-2-8-23-43,44-24-9-3-10-25-44)45-26-11-4-12-27-45)40-55(60-63(75)67(79)70(82)68(80)64(60)76)72(54)84-57-35-18-16-31-50(57)53-38-42(36-37-58(53)84)83-56-34-17-15-30-49(56)52-33-19-32-51(71(52)83)48-29-14-13-28-47(48)41-20-5-1-6-21-41/h1-40H,73-82H2. The SMILES string of the molecule is Bc1c(B)c(B)c(-c2cc(S(c3ccccc3)(c3ccccc3)c3ccccc3)cc(-c3c(B)c(B)c(B)c(B)c3B)c2-n2c3ccccc3c3cc(-n4c5ccccc5c5cccc(-c6ccccc6-c6ccccc6)c54)ccc32)c(B)c1B. The van der Waals surface area contributed by atoms with E-state index in [1.807, 2.05) is 0 Å². The zero-order valence-corrected chi connectivity index (χ0v) is 51.2. The van der Waals surface area contributed by atoms with Crippen molar-refractivity contribution in [2.45, 2.75) is 19.6 Å². The second-order valence-corrected chi connectivity index (χ2v) is 26.5. The predicted octanol–water partition coefficient (Wildman–Crippen LogP) is 2.47. The first-order valence-corrected chi connectivity index (χ1v) is 31.6. The van der Waals surface area contributed by atoms with Crippen molar-refractivity contribution in [3.8, 4) is 55.9 Å². The van der Waals surface area contributed by atoms with E-state index < -0.39 is 10.0 Å². The maximum atomic E-state index is 2.66. The van der Waals surface area contributed by atoms with E-state index in [1.54, 1.807) is 0 Å². The second kappa shape index (κ2) is 21.4. The van der Waals surface area contributed by atoms with Crippen LogP contribution in [-0.4, -0.2) is 87.6 Å². The highest BCUT2D eigenvalue weighted by atomic mass is 32.3. The Morgan fingerprint density at radius 1 is 0.247 bits per heavy atom. The number of aromatic nitrogens is 2. The number of rotatable bonds is 10. The van der Waals surface area contributed by atoms with Crippen LogP contribution >= 0.6 is 10.0 Å². The summed E-state index contributed by atoms with van der Waals surface area (Å²) in [7, 11) is 21.3. The summed E-state index contributed by atoms with van der Waals surface area (Å²) in [5.74, 6) is 0. The van der Waals surface area contributed by atoms with Crippen molar-refractivity contribution < 1.29 is 0 Å². The second-order valence-electron chi connectivity index (χ2n) is 23.4. The van der Waals surface area contributed by atoms with Crippen LogP contribution in [-0.2, 0) is 0 Å². The summed E-state index contributed by atoms with van der Waals surface area (Å²) >= 11 is 0. The van der Waals surface area contributed by atoms with Crippen LogP contribution in [0.15, 0.2) is 262 Å². The molecule has 2 aromatic heterocycles. The van der Waals surface area contributed by atoms with Crippen molar-refractivity contribution in [1.29, 1.82) is 0 Å². The molecule has 0 saturated carbocycles. The average Bonchev–Trinajstić information content (AvgIpc) is 1.98. The molecule has 0 radical (unpaired) electrons. The number of hydrogen-bond acceptors (Lipinski definition) is 0. The zero-order chi connectivity index (χ0) is 58.4. The van der Waals surface area contributed by atoms with Gasteiger partial charge in [0.1, 0.15) is 78.5 Å². The van der Waals surface area contributed by atoms with Gasteiger partial charge in [-0.1, -0.05) is 186 Å². The van der Waals surface area contributed by atoms with Crippen LogP contribution in [0.2, 0.25) is 0 Å². The maximum Gasteiger partial charge on any atom is 0.139 e. The van der Waals surface area contributed by atoms with Gasteiger partial charge in [0.25, 0.3) is 0 Å². The summed E-state index contributed by atoms with van der Waals surface area (Å²) in [5, 5.41) is 4.88. The van der Waals surface area contributed by atoms with Crippen LogP contribution in [0, 0.1) is 0 Å². The minimum atomic E-state index is -2.17. The minimum Gasteiger partial charge on any atom is -0.309 e. The van der Waals surface area contributed by atoms with Gasteiger partial charge in [-0.3, -0.25) is 0 Å². The molecule has 0 N–H and O–H groups in total. The molecule has 0 aliphatic heterocycles. The molecule has 0 amide bonds. The highest BCUT2D eigenvalue weighted by Gasteiger charge is 2.37. The molecule has 0 saturated heterocycles. The molecule has 2 heterocycles. The molecule has 13 heteroatoms. The fraction of sp³-hybridized carbons (Fsp3) is 0. The number of fused-ring (bicyclic) bond motifs is 6. The zero-order valence-electron chi connectivity index (χ0n) is 50.4. The Hall–Kier alpha value is -8.76. The van der Waals surface area contributed by atoms with Gasteiger partial charge in [0.15, 0.2) is 0 Å². The quantitative estimate of drug-likeness (QED) is 0.187. The topological polar surface area (TPSA) is 9.86 Å². The number of nitrogens with zero attached hydrogens (tertiary/aromatic N) is 2. The molecule has 14 rings (SSSR count). The van der Waals surface area contributed by atoms with Gasteiger partial charge in [0.05, 0.1) is 27.8 Å². The molecule has 0 spiro atoms. The molecule has 0 aliphatic rings. The van der Waals surface area contributed by atoms with Crippen LogP contribution in [0.3, 0.4) is 0 Å². The van der Waals surface area contributed by atoms with Gasteiger partial charge in [-0.05, 0) is 107 Å².